The van der Waals surface area contributed by atoms with Crippen LogP contribution in [0.1, 0.15) is 5.56 Å². The Balaban J connectivity index is 3.13. The van der Waals surface area contributed by atoms with Crippen molar-refractivity contribution in [2.75, 3.05) is 0 Å². The Hall–Kier alpha value is -1.79. The zero-order valence-electron chi connectivity index (χ0n) is 7.54. The van der Waals surface area contributed by atoms with E-state index in [1.807, 2.05) is 0 Å². The molecule has 0 spiro atoms. The van der Waals surface area contributed by atoms with Gasteiger partial charge in [0, 0.05) is 12.1 Å². The molecule has 1 aromatic carbocycles. The molecular formula is C8H6F3NO3. The summed E-state index contributed by atoms with van der Waals surface area (Å²) in [5.41, 5.74) is -0.697. The van der Waals surface area contributed by atoms with Gasteiger partial charge < -0.3 is 4.74 Å². The molecule has 0 atom stereocenters. The summed E-state index contributed by atoms with van der Waals surface area (Å²) in [6, 6.07) is 1.41. The van der Waals surface area contributed by atoms with E-state index in [-0.39, 0.29) is 5.56 Å². The summed E-state index contributed by atoms with van der Waals surface area (Å²) in [5.74, 6) is -1.62. The number of hydrogen-bond acceptors (Lipinski definition) is 3. The molecule has 15 heavy (non-hydrogen) atoms. The second-order valence-electron chi connectivity index (χ2n) is 2.70. The van der Waals surface area contributed by atoms with Crippen LogP contribution >= 0.6 is 0 Å². The fraction of sp³-hybridized carbons (Fsp3) is 0.250. The van der Waals surface area contributed by atoms with Gasteiger partial charge in [-0.1, -0.05) is 0 Å². The van der Waals surface area contributed by atoms with Gasteiger partial charge in [0.15, 0.2) is 0 Å². The highest BCUT2D eigenvalue weighted by atomic mass is 19.3. The lowest BCUT2D eigenvalue weighted by atomic mass is 10.2. The first-order valence-electron chi connectivity index (χ1n) is 3.81. The van der Waals surface area contributed by atoms with Crippen LogP contribution in [0, 0.1) is 22.9 Å². The predicted molar refractivity (Wildman–Crippen MR) is 44.4 cm³/mol. The van der Waals surface area contributed by atoms with Gasteiger partial charge in [0.05, 0.1) is 4.92 Å². The Morgan fingerprint density at radius 3 is 2.53 bits per heavy atom. The van der Waals surface area contributed by atoms with E-state index in [1.54, 1.807) is 0 Å². The minimum Gasteiger partial charge on any atom is -0.434 e. The largest absolute Gasteiger partial charge is 0.434 e. The first kappa shape index (κ1) is 11.3. The van der Waals surface area contributed by atoms with E-state index in [2.05, 4.69) is 4.74 Å². The van der Waals surface area contributed by atoms with Gasteiger partial charge in [-0.25, -0.2) is 0 Å². The number of rotatable bonds is 3. The van der Waals surface area contributed by atoms with Crippen LogP contribution in [0.2, 0.25) is 0 Å². The van der Waals surface area contributed by atoms with Crippen molar-refractivity contribution < 1.29 is 22.8 Å². The van der Waals surface area contributed by atoms with Crippen molar-refractivity contribution in [3.05, 3.63) is 33.6 Å². The van der Waals surface area contributed by atoms with Gasteiger partial charge in [-0.2, -0.15) is 13.2 Å². The lowest BCUT2D eigenvalue weighted by Crippen LogP contribution is -2.04. The first-order chi connectivity index (χ1) is 6.91. The Bertz CT molecular complexity index is 395. The van der Waals surface area contributed by atoms with E-state index in [4.69, 9.17) is 0 Å². The van der Waals surface area contributed by atoms with Crippen LogP contribution < -0.4 is 4.74 Å². The highest BCUT2D eigenvalue weighted by molar-refractivity contribution is 5.44. The molecule has 0 aliphatic carbocycles. The van der Waals surface area contributed by atoms with Crippen LogP contribution in [0.3, 0.4) is 0 Å². The van der Waals surface area contributed by atoms with Gasteiger partial charge in [-0.05, 0) is 12.5 Å². The summed E-state index contributed by atoms with van der Waals surface area (Å²) in [4.78, 5) is 9.35. The zero-order valence-corrected chi connectivity index (χ0v) is 7.54. The summed E-state index contributed by atoms with van der Waals surface area (Å²) in [6.45, 7) is -1.78. The maximum atomic E-state index is 13.0. The minimum atomic E-state index is -3.09. The molecule has 0 aliphatic heterocycles. The van der Waals surface area contributed by atoms with Crippen LogP contribution in [0.5, 0.6) is 5.75 Å². The lowest BCUT2D eigenvalue weighted by Gasteiger charge is -2.07. The number of alkyl halides is 2. The SMILES string of the molecule is Cc1cc([N+](=O)[O-])c(F)cc1OC(F)F. The fourth-order valence-corrected chi connectivity index (χ4v) is 1.01. The third kappa shape index (κ3) is 2.58. The standard InChI is InChI=1S/C8H6F3NO3/c1-4-2-6(12(13)14)5(9)3-7(4)15-8(10)11/h2-3,8H,1H3. The van der Waals surface area contributed by atoms with Crippen molar-refractivity contribution in [2.45, 2.75) is 13.5 Å². The molecule has 0 amide bonds. The summed E-state index contributed by atoms with van der Waals surface area (Å²) in [5, 5.41) is 10.3. The van der Waals surface area contributed by atoms with Crippen molar-refractivity contribution in [1.29, 1.82) is 0 Å². The number of aryl methyl sites for hydroxylation is 1. The molecule has 0 N–H and O–H groups in total. The Kier molecular flexibility index (Phi) is 3.13. The van der Waals surface area contributed by atoms with Crippen LogP contribution in [0.15, 0.2) is 12.1 Å². The predicted octanol–water partition coefficient (Wildman–Crippen LogP) is 2.64. The molecule has 7 heteroatoms. The van der Waals surface area contributed by atoms with Gasteiger partial charge in [0.25, 0.3) is 0 Å². The lowest BCUT2D eigenvalue weighted by molar-refractivity contribution is -0.387. The molecule has 0 aromatic heterocycles. The number of benzene rings is 1. The van der Waals surface area contributed by atoms with Crippen molar-refractivity contribution >= 4 is 5.69 Å². The summed E-state index contributed by atoms with van der Waals surface area (Å²) < 4.78 is 40.6. The van der Waals surface area contributed by atoms with Crippen molar-refractivity contribution in [3.8, 4) is 5.75 Å². The van der Waals surface area contributed by atoms with Crippen LogP contribution in [-0.2, 0) is 0 Å². The maximum Gasteiger partial charge on any atom is 0.387 e. The Labute approximate surface area is 82.4 Å². The average molecular weight is 221 g/mol. The number of hydrogen-bond donors (Lipinski definition) is 0. The van der Waals surface area contributed by atoms with Gasteiger partial charge in [0.2, 0.25) is 5.82 Å². The molecule has 0 saturated heterocycles. The number of halogens is 3. The van der Waals surface area contributed by atoms with Gasteiger partial charge >= 0.3 is 12.3 Å². The normalized spacial score (nSPS) is 10.5. The monoisotopic (exact) mass is 221 g/mol. The van der Waals surface area contributed by atoms with Gasteiger partial charge in [-0.3, -0.25) is 10.1 Å². The third-order valence-corrected chi connectivity index (χ3v) is 1.66. The number of nitrogens with zero attached hydrogens (tertiary/aromatic N) is 1. The van der Waals surface area contributed by atoms with Crippen molar-refractivity contribution in [3.63, 3.8) is 0 Å². The molecule has 4 nitrogen and oxygen atoms in total. The Morgan fingerprint density at radius 2 is 2.07 bits per heavy atom. The van der Waals surface area contributed by atoms with Crippen LogP contribution in [0.25, 0.3) is 0 Å². The number of nitro benzene ring substituents is 1. The summed E-state index contributed by atoms with van der Waals surface area (Å²) >= 11 is 0. The van der Waals surface area contributed by atoms with E-state index >= 15 is 0 Å². The van der Waals surface area contributed by atoms with Crippen molar-refractivity contribution in [1.82, 2.24) is 0 Å². The van der Waals surface area contributed by atoms with E-state index in [9.17, 15) is 23.3 Å². The number of ether oxygens (including phenoxy) is 1. The quantitative estimate of drug-likeness (QED) is 0.582. The molecule has 82 valence electrons. The second-order valence-corrected chi connectivity index (χ2v) is 2.70. The van der Waals surface area contributed by atoms with Crippen LogP contribution in [0.4, 0.5) is 18.9 Å². The molecule has 0 aliphatic rings. The molecular weight excluding hydrogens is 215 g/mol. The molecule has 1 aromatic rings. The average Bonchev–Trinajstić information content (AvgIpc) is 2.09. The molecule has 0 heterocycles. The minimum absolute atomic E-state index is 0.0726. The summed E-state index contributed by atoms with van der Waals surface area (Å²) in [7, 11) is 0. The van der Waals surface area contributed by atoms with Gasteiger partial charge in [-0.15, -0.1) is 0 Å². The second kappa shape index (κ2) is 4.16. The van der Waals surface area contributed by atoms with E-state index in [0.29, 0.717) is 6.07 Å². The highest BCUT2D eigenvalue weighted by Gasteiger charge is 2.18. The van der Waals surface area contributed by atoms with E-state index in [0.717, 1.165) is 6.07 Å². The molecule has 1 rings (SSSR count). The zero-order chi connectivity index (χ0) is 11.6. The van der Waals surface area contributed by atoms with E-state index < -0.39 is 28.8 Å². The third-order valence-electron chi connectivity index (χ3n) is 1.66. The smallest absolute Gasteiger partial charge is 0.387 e. The fourth-order valence-electron chi connectivity index (χ4n) is 1.01. The maximum absolute atomic E-state index is 13.0. The van der Waals surface area contributed by atoms with Crippen LogP contribution in [-0.4, -0.2) is 11.5 Å². The Morgan fingerprint density at radius 1 is 1.47 bits per heavy atom. The van der Waals surface area contributed by atoms with E-state index in [1.165, 1.54) is 6.92 Å². The topological polar surface area (TPSA) is 52.4 Å². The summed E-state index contributed by atoms with van der Waals surface area (Å²) in [6.07, 6.45) is 0. The first-order valence-corrected chi connectivity index (χ1v) is 3.81. The molecule has 0 fully saturated rings. The van der Waals surface area contributed by atoms with Crippen molar-refractivity contribution in [2.24, 2.45) is 0 Å². The molecule has 0 unspecified atom stereocenters. The molecule has 0 saturated carbocycles. The number of nitro groups is 1. The van der Waals surface area contributed by atoms with Gasteiger partial charge in [0.1, 0.15) is 5.75 Å². The highest BCUT2D eigenvalue weighted by Crippen LogP contribution is 2.27. The molecule has 0 bridgehead atoms. The molecule has 0 radical (unpaired) electrons.